The molecule has 1 rings (SSSR count). The van der Waals surface area contributed by atoms with Crippen molar-refractivity contribution in [2.24, 2.45) is 11.3 Å². The van der Waals surface area contributed by atoms with Gasteiger partial charge in [0.15, 0.2) is 5.78 Å². The van der Waals surface area contributed by atoms with Gasteiger partial charge in [-0.15, -0.1) is 0 Å². The molecule has 1 atom stereocenters. The maximum atomic E-state index is 13.1. The number of Topliss-reactive ketones (excluding diaryl/α,β-unsaturated/α-hetero) is 1. The highest BCUT2D eigenvalue weighted by atomic mass is 16.4. The quantitative estimate of drug-likeness (QED) is 0.643. The van der Waals surface area contributed by atoms with E-state index in [4.69, 9.17) is 0 Å². The van der Waals surface area contributed by atoms with Crippen LogP contribution in [0.15, 0.2) is 0 Å². The van der Waals surface area contributed by atoms with Crippen LogP contribution in [0, 0.1) is 11.3 Å². The van der Waals surface area contributed by atoms with Crippen LogP contribution in [-0.2, 0) is 9.59 Å². The molecule has 0 spiro atoms. The summed E-state index contributed by atoms with van der Waals surface area (Å²) in [5.41, 5.74) is -0.371. The minimum atomic E-state index is -0.917. The first-order valence-corrected chi connectivity index (χ1v) is 9.34. The number of carboxylic acids is 1. The third kappa shape index (κ3) is 5.40. The average molecular weight is 310 g/mol. The molecule has 1 aliphatic rings. The summed E-state index contributed by atoms with van der Waals surface area (Å²) in [7, 11) is 0. The van der Waals surface area contributed by atoms with Gasteiger partial charge in [0.25, 0.3) is 0 Å². The SMILES string of the molecule is CCCC(C(=O)O)C(=O)C1(CCC)CCCCCCCCC1. The Kier molecular flexibility index (Phi) is 8.74. The molecule has 0 aromatic carbocycles. The van der Waals surface area contributed by atoms with E-state index >= 15 is 0 Å². The predicted molar refractivity (Wildman–Crippen MR) is 89.9 cm³/mol. The monoisotopic (exact) mass is 310 g/mol. The Morgan fingerprint density at radius 2 is 1.41 bits per heavy atom. The number of rotatable bonds is 7. The van der Waals surface area contributed by atoms with Crippen molar-refractivity contribution in [3.63, 3.8) is 0 Å². The van der Waals surface area contributed by atoms with Crippen LogP contribution in [0.1, 0.15) is 97.3 Å². The summed E-state index contributed by atoms with van der Waals surface area (Å²) < 4.78 is 0. The molecule has 22 heavy (non-hydrogen) atoms. The molecule has 0 aromatic heterocycles. The fourth-order valence-corrected chi connectivity index (χ4v) is 4.06. The van der Waals surface area contributed by atoms with E-state index < -0.39 is 11.9 Å². The molecule has 0 radical (unpaired) electrons. The third-order valence-electron chi connectivity index (χ3n) is 5.25. The van der Waals surface area contributed by atoms with Crippen LogP contribution in [0.5, 0.6) is 0 Å². The van der Waals surface area contributed by atoms with Crippen molar-refractivity contribution in [1.82, 2.24) is 0 Å². The summed E-state index contributed by atoms with van der Waals surface area (Å²) >= 11 is 0. The lowest BCUT2D eigenvalue weighted by Gasteiger charge is -2.35. The zero-order chi connectivity index (χ0) is 16.4. The number of hydrogen-bond donors (Lipinski definition) is 1. The van der Waals surface area contributed by atoms with Crippen LogP contribution in [0.2, 0.25) is 0 Å². The lowest BCUT2D eigenvalue weighted by Crippen LogP contribution is -2.39. The van der Waals surface area contributed by atoms with Crippen LogP contribution < -0.4 is 0 Å². The van der Waals surface area contributed by atoms with Crippen molar-refractivity contribution in [3.8, 4) is 0 Å². The first-order chi connectivity index (χ1) is 10.6. The Labute approximate surface area is 135 Å². The molecule has 0 heterocycles. The fourth-order valence-electron chi connectivity index (χ4n) is 4.06. The van der Waals surface area contributed by atoms with Crippen molar-refractivity contribution >= 4 is 11.8 Å². The zero-order valence-corrected chi connectivity index (χ0v) is 14.5. The lowest BCUT2D eigenvalue weighted by molar-refractivity contribution is -0.151. The summed E-state index contributed by atoms with van der Waals surface area (Å²) in [6.45, 7) is 4.08. The van der Waals surface area contributed by atoms with Crippen molar-refractivity contribution < 1.29 is 14.7 Å². The van der Waals surface area contributed by atoms with Crippen molar-refractivity contribution in [2.45, 2.75) is 97.3 Å². The van der Waals surface area contributed by atoms with Gasteiger partial charge in [-0.3, -0.25) is 9.59 Å². The lowest BCUT2D eigenvalue weighted by atomic mass is 9.67. The summed E-state index contributed by atoms with van der Waals surface area (Å²) in [6.07, 6.45) is 13.2. The smallest absolute Gasteiger partial charge is 0.314 e. The van der Waals surface area contributed by atoms with Gasteiger partial charge in [0.2, 0.25) is 0 Å². The van der Waals surface area contributed by atoms with Crippen LogP contribution in [0.25, 0.3) is 0 Å². The molecule has 0 saturated heterocycles. The summed E-state index contributed by atoms with van der Waals surface area (Å²) in [5, 5.41) is 9.49. The molecular formula is C19H34O3. The molecule has 0 aliphatic heterocycles. The maximum absolute atomic E-state index is 13.1. The Hall–Kier alpha value is -0.860. The summed E-state index contributed by atoms with van der Waals surface area (Å²) in [6, 6.07) is 0. The number of carbonyl (C=O) groups excluding carboxylic acids is 1. The number of carbonyl (C=O) groups is 2. The van der Waals surface area contributed by atoms with Gasteiger partial charge >= 0.3 is 5.97 Å². The fraction of sp³-hybridized carbons (Fsp3) is 0.895. The van der Waals surface area contributed by atoms with Gasteiger partial charge in [-0.2, -0.15) is 0 Å². The van der Waals surface area contributed by atoms with E-state index in [2.05, 4.69) is 6.92 Å². The molecule has 0 bridgehead atoms. The summed E-state index contributed by atoms with van der Waals surface area (Å²) in [5.74, 6) is -1.68. The van der Waals surface area contributed by atoms with E-state index in [1.54, 1.807) is 0 Å². The standard InChI is InChI=1S/C19H34O3/c1-3-12-16(18(21)22)17(20)19(13-4-2)14-10-8-6-5-7-9-11-15-19/h16H,3-15H2,1-2H3,(H,21,22). The number of hydrogen-bond acceptors (Lipinski definition) is 2. The second-order valence-electron chi connectivity index (χ2n) is 7.05. The third-order valence-corrected chi connectivity index (χ3v) is 5.25. The van der Waals surface area contributed by atoms with Crippen molar-refractivity contribution in [2.75, 3.05) is 0 Å². The maximum Gasteiger partial charge on any atom is 0.314 e. The molecule has 3 heteroatoms. The highest BCUT2D eigenvalue weighted by Crippen LogP contribution is 2.41. The van der Waals surface area contributed by atoms with E-state index in [0.29, 0.717) is 6.42 Å². The Morgan fingerprint density at radius 1 is 0.909 bits per heavy atom. The Bertz CT molecular complexity index is 339. The normalized spacial score (nSPS) is 21.0. The molecule has 1 fully saturated rings. The topological polar surface area (TPSA) is 54.4 Å². The molecule has 1 aliphatic carbocycles. The van der Waals surface area contributed by atoms with Gasteiger partial charge < -0.3 is 5.11 Å². The zero-order valence-electron chi connectivity index (χ0n) is 14.5. The van der Waals surface area contributed by atoms with Crippen LogP contribution in [-0.4, -0.2) is 16.9 Å². The molecule has 1 unspecified atom stereocenters. The Morgan fingerprint density at radius 3 is 1.82 bits per heavy atom. The predicted octanol–water partition coefficient (Wildman–Crippen LogP) is 5.37. The largest absolute Gasteiger partial charge is 0.481 e. The highest BCUT2D eigenvalue weighted by Gasteiger charge is 2.42. The van der Waals surface area contributed by atoms with Crippen LogP contribution in [0.3, 0.4) is 0 Å². The number of carboxylic acid groups (broad SMARTS) is 1. The molecule has 3 nitrogen and oxygen atoms in total. The molecule has 0 amide bonds. The van der Waals surface area contributed by atoms with E-state index in [9.17, 15) is 14.7 Å². The minimum Gasteiger partial charge on any atom is -0.481 e. The van der Waals surface area contributed by atoms with E-state index in [1.165, 1.54) is 32.1 Å². The second-order valence-corrected chi connectivity index (χ2v) is 7.05. The van der Waals surface area contributed by atoms with Gasteiger partial charge in [-0.1, -0.05) is 71.6 Å². The van der Waals surface area contributed by atoms with E-state index in [0.717, 1.165) is 44.9 Å². The second kappa shape index (κ2) is 10.0. The Balaban J connectivity index is 2.96. The molecule has 128 valence electrons. The van der Waals surface area contributed by atoms with Crippen molar-refractivity contribution in [3.05, 3.63) is 0 Å². The van der Waals surface area contributed by atoms with E-state index in [1.807, 2.05) is 6.92 Å². The van der Waals surface area contributed by atoms with Gasteiger partial charge in [0, 0.05) is 5.41 Å². The number of aliphatic carboxylic acids is 1. The average Bonchev–Trinajstić information content (AvgIpc) is 2.50. The number of ketones is 1. The summed E-state index contributed by atoms with van der Waals surface area (Å²) in [4.78, 5) is 24.7. The van der Waals surface area contributed by atoms with Crippen LogP contribution in [0.4, 0.5) is 0 Å². The van der Waals surface area contributed by atoms with E-state index in [-0.39, 0.29) is 11.2 Å². The van der Waals surface area contributed by atoms with Crippen molar-refractivity contribution in [1.29, 1.82) is 0 Å². The minimum absolute atomic E-state index is 0.0317. The molecule has 1 saturated carbocycles. The van der Waals surface area contributed by atoms with Gasteiger partial charge in [-0.25, -0.2) is 0 Å². The highest BCUT2D eigenvalue weighted by molar-refractivity contribution is 6.01. The van der Waals surface area contributed by atoms with Crippen LogP contribution >= 0.6 is 0 Å². The molecular weight excluding hydrogens is 276 g/mol. The van der Waals surface area contributed by atoms with Gasteiger partial charge in [0.1, 0.15) is 5.92 Å². The molecule has 0 aromatic rings. The van der Waals surface area contributed by atoms with Gasteiger partial charge in [-0.05, 0) is 25.7 Å². The first-order valence-electron chi connectivity index (χ1n) is 9.34. The molecule has 1 N–H and O–H groups in total. The first kappa shape index (κ1) is 19.2. The van der Waals surface area contributed by atoms with Gasteiger partial charge in [0.05, 0.1) is 0 Å².